The monoisotopic (exact) mass is 288 g/mol. The molecule has 0 unspecified atom stereocenters. The Bertz CT molecular complexity index is 456. The van der Waals surface area contributed by atoms with Crippen molar-refractivity contribution in [1.82, 2.24) is 9.80 Å². The summed E-state index contributed by atoms with van der Waals surface area (Å²) in [5, 5.41) is 0. The first-order valence-electron chi connectivity index (χ1n) is 8.25. The zero-order chi connectivity index (χ0) is 15.3. The number of hydrogen-bond acceptors (Lipinski definition) is 2. The van der Waals surface area contributed by atoms with E-state index in [-0.39, 0.29) is 5.41 Å². The van der Waals surface area contributed by atoms with Crippen molar-refractivity contribution in [2.75, 3.05) is 32.7 Å². The Balaban J connectivity index is 2.26. The van der Waals surface area contributed by atoms with Gasteiger partial charge in [-0.05, 0) is 45.0 Å². The third-order valence-electron chi connectivity index (χ3n) is 4.96. The number of hydrogen-bond donors (Lipinski definition) is 0. The first-order valence-corrected chi connectivity index (χ1v) is 8.25. The van der Waals surface area contributed by atoms with Crippen LogP contribution in [-0.4, -0.2) is 48.4 Å². The minimum Gasteiger partial charge on any atom is -0.342 e. The van der Waals surface area contributed by atoms with Crippen molar-refractivity contribution >= 4 is 5.91 Å². The van der Waals surface area contributed by atoms with Crippen LogP contribution in [0.1, 0.15) is 39.2 Å². The third-order valence-corrected chi connectivity index (χ3v) is 4.96. The van der Waals surface area contributed by atoms with Crippen LogP contribution >= 0.6 is 0 Å². The summed E-state index contributed by atoms with van der Waals surface area (Å²) >= 11 is 0. The Kier molecular flexibility index (Phi) is 5.40. The van der Waals surface area contributed by atoms with Crippen LogP contribution in [0.5, 0.6) is 0 Å². The van der Waals surface area contributed by atoms with Crippen LogP contribution < -0.4 is 0 Å². The van der Waals surface area contributed by atoms with E-state index >= 15 is 0 Å². The average molecular weight is 288 g/mol. The lowest BCUT2D eigenvalue weighted by molar-refractivity contribution is -0.132. The van der Waals surface area contributed by atoms with E-state index in [1.165, 1.54) is 5.56 Å². The SMILES string of the molecule is CCN(CC)CC[C@]1(c2ccccc2)CCN(CC)C1=O. The summed E-state index contributed by atoms with van der Waals surface area (Å²) in [4.78, 5) is 17.4. The van der Waals surface area contributed by atoms with Crippen molar-refractivity contribution in [3.63, 3.8) is 0 Å². The molecule has 0 N–H and O–H groups in total. The lowest BCUT2D eigenvalue weighted by Gasteiger charge is -2.31. The molecule has 1 heterocycles. The van der Waals surface area contributed by atoms with Crippen molar-refractivity contribution < 1.29 is 4.79 Å². The van der Waals surface area contributed by atoms with Gasteiger partial charge in [0.2, 0.25) is 5.91 Å². The number of carbonyl (C=O) groups excluding carboxylic acids is 1. The highest BCUT2D eigenvalue weighted by Gasteiger charge is 2.46. The second-order valence-electron chi connectivity index (χ2n) is 5.86. The lowest BCUT2D eigenvalue weighted by atomic mass is 9.76. The number of nitrogens with zero attached hydrogens (tertiary/aromatic N) is 2. The molecule has 0 bridgehead atoms. The third kappa shape index (κ3) is 3.13. The predicted molar refractivity (Wildman–Crippen MR) is 87.4 cm³/mol. The number of carbonyl (C=O) groups is 1. The van der Waals surface area contributed by atoms with Crippen LogP contribution in [0.3, 0.4) is 0 Å². The molecule has 0 aliphatic carbocycles. The Hall–Kier alpha value is -1.35. The number of likely N-dealkylation sites (N-methyl/N-ethyl adjacent to an activating group) is 1. The van der Waals surface area contributed by atoms with Gasteiger partial charge in [0.15, 0.2) is 0 Å². The Labute approximate surface area is 128 Å². The van der Waals surface area contributed by atoms with Crippen molar-refractivity contribution in [3.8, 4) is 0 Å². The summed E-state index contributed by atoms with van der Waals surface area (Å²) in [6.07, 6.45) is 1.87. The van der Waals surface area contributed by atoms with Crippen molar-refractivity contribution in [3.05, 3.63) is 35.9 Å². The summed E-state index contributed by atoms with van der Waals surface area (Å²) in [7, 11) is 0. The van der Waals surface area contributed by atoms with Gasteiger partial charge in [0.1, 0.15) is 0 Å². The van der Waals surface area contributed by atoms with Gasteiger partial charge in [-0.15, -0.1) is 0 Å². The van der Waals surface area contributed by atoms with Gasteiger partial charge >= 0.3 is 0 Å². The highest BCUT2D eigenvalue weighted by molar-refractivity contribution is 5.90. The molecule has 0 radical (unpaired) electrons. The zero-order valence-electron chi connectivity index (χ0n) is 13.6. The van der Waals surface area contributed by atoms with Crippen LogP contribution in [0.25, 0.3) is 0 Å². The molecule has 21 heavy (non-hydrogen) atoms. The summed E-state index contributed by atoms with van der Waals surface area (Å²) in [5.41, 5.74) is 0.887. The standard InChI is InChI=1S/C18H28N2O/c1-4-19(5-2)14-12-18(16-10-8-7-9-11-16)13-15-20(6-3)17(18)21/h7-11H,4-6,12-15H2,1-3H3/t18-/m1/s1. The van der Waals surface area contributed by atoms with Crippen molar-refractivity contribution in [2.24, 2.45) is 0 Å². The minimum atomic E-state index is -0.306. The zero-order valence-corrected chi connectivity index (χ0v) is 13.6. The molecular weight excluding hydrogens is 260 g/mol. The number of benzene rings is 1. The van der Waals surface area contributed by atoms with Gasteiger partial charge in [-0.1, -0.05) is 44.2 Å². The summed E-state index contributed by atoms with van der Waals surface area (Å²) in [6.45, 7) is 11.2. The van der Waals surface area contributed by atoms with Gasteiger partial charge < -0.3 is 9.80 Å². The molecule has 1 aromatic rings. The number of likely N-dealkylation sites (tertiary alicyclic amines) is 1. The molecule has 0 aromatic heterocycles. The summed E-state index contributed by atoms with van der Waals surface area (Å²) < 4.78 is 0. The van der Waals surface area contributed by atoms with Crippen LogP contribution in [0, 0.1) is 0 Å². The van der Waals surface area contributed by atoms with E-state index < -0.39 is 0 Å². The predicted octanol–water partition coefficient (Wildman–Crippen LogP) is 2.91. The second kappa shape index (κ2) is 7.08. The summed E-state index contributed by atoms with van der Waals surface area (Å²) in [6, 6.07) is 10.4. The average Bonchev–Trinajstić information content (AvgIpc) is 2.86. The van der Waals surface area contributed by atoms with Crippen LogP contribution in [0.2, 0.25) is 0 Å². The van der Waals surface area contributed by atoms with Crippen LogP contribution in [0.15, 0.2) is 30.3 Å². The lowest BCUT2D eigenvalue weighted by Crippen LogP contribution is -2.40. The molecule has 116 valence electrons. The van der Waals surface area contributed by atoms with E-state index in [1.54, 1.807) is 0 Å². The van der Waals surface area contributed by atoms with E-state index in [4.69, 9.17) is 0 Å². The molecule has 3 nitrogen and oxygen atoms in total. The maximum Gasteiger partial charge on any atom is 0.233 e. The molecule has 1 aliphatic rings. The van der Waals surface area contributed by atoms with Crippen molar-refractivity contribution in [2.45, 2.75) is 39.0 Å². The molecule has 0 saturated carbocycles. The highest BCUT2D eigenvalue weighted by Crippen LogP contribution is 2.39. The molecule has 1 amide bonds. The van der Waals surface area contributed by atoms with Crippen molar-refractivity contribution in [1.29, 1.82) is 0 Å². The van der Waals surface area contributed by atoms with Gasteiger partial charge in [0.05, 0.1) is 5.41 Å². The summed E-state index contributed by atoms with van der Waals surface area (Å²) in [5.74, 6) is 0.323. The van der Waals surface area contributed by atoms with Crippen LogP contribution in [-0.2, 0) is 10.2 Å². The molecule has 1 fully saturated rings. The maximum absolute atomic E-state index is 13.0. The van der Waals surface area contributed by atoms with E-state index in [0.717, 1.165) is 45.6 Å². The highest BCUT2D eigenvalue weighted by atomic mass is 16.2. The van der Waals surface area contributed by atoms with Gasteiger partial charge in [0.25, 0.3) is 0 Å². The Morgan fingerprint density at radius 2 is 1.81 bits per heavy atom. The van der Waals surface area contributed by atoms with Gasteiger partial charge in [-0.25, -0.2) is 0 Å². The fraction of sp³-hybridized carbons (Fsp3) is 0.611. The molecule has 1 saturated heterocycles. The second-order valence-corrected chi connectivity index (χ2v) is 5.86. The molecule has 2 rings (SSSR count). The molecular formula is C18H28N2O. The molecule has 1 aromatic carbocycles. The Morgan fingerprint density at radius 3 is 2.33 bits per heavy atom. The normalized spacial score (nSPS) is 22.3. The first-order chi connectivity index (χ1) is 10.2. The fourth-order valence-electron chi connectivity index (χ4n) is 3.43. The largest absolute Gasteiger partial charge is 0.342 e. The van der Waals surface area contributed by atoms with E-state index in [2.05, 4.69) is 49.9 Å². The number of rotatable bonds is 7. The van der Waals surface area contributed by atoms with E-state index in [1.807, 2.05) is 11.0 Å². The molecule has 3 heteroatoms. The van der Waals surface area contributed by atoms with Gasteiger partial charge in [-0.2, -0.15) is 0 Å². The topological polar surface area (TPSA) is 23.6 Å². The maximum atomic E-state index is 13.0. The number of amides is 1. The molecule has 1 aliphatic heterocycles. The quantitative estimate of drug-likeness (QED) is 0.770. The van der Waals surface area contributed by atoms with E-state index in [9.17, 15) is 4.79 Å². The molecule has 1 atom stereocenters. The van der Waals surface area contributed by atoms with E-state index in [0.29, 0.717) is 5.91 Å². The van der Waals surface area contributed by atoms with Crippen LogP contribution in [0.4, 0.5) is 0 Å². The smallest absolute Gasteiger partial charge is 0.233 e. The fourth-order valence-corrected chi connectivity index (χ4v) is 3.43. The molecule has 0 spiro atoms. The van der Waals surface area contributed by atoms with Gasteiger partial charge in [0, 0.05) is 13.1 Å². The Morgan fingerprint density at radius 1 is 1.14 bits per heavy atom. The first kappa shape index (κ1) is 16.0. The minimum absolute atomic E-state index is 0.306. The van der Waals surface area contributed by atoms with Gasteiger partial charge in [-0.3, -0.25) is 4.79 Å².